The number of amides is 1. The van der Waals surface area contributed by atoms with E-state index < -0.39 is 119 Å². The average Bonchev–Trinajstić information content (AvgIpc) is 0.674. The number of phenols is 1. The number of benzene rings is 6. The SMILES string of the molecule is CC(=O)O[C@H]1C(=O)[C@@]2(C)[C@H]([C@H](OC(=O)c3ccccc3)[C@]3(O)CC(OC(=O)[C@H](O)[C@@H](NC(=O)c4ccccc4)c4ccccc4)C(C)=C1C3(C)C)[C@]1(OC(C)=O)CO[C@@H]1C[C@@H]2O.O=C(O)c1ccccc1-c1c2ccc(=O)cc-2oc2cc(O)ccc12. The van der Waals surface area contributed by atoms with Gasteiger partial charge in [0.05, 0.1) is 41.2 Å². The molecule has 2 heterocycles. The van der Waals surface area contributed by atoms with Gasteiger partial charge in [0.1, 0.15) is 41.0 Å². The number of carboxylic acids is 1. The molecule has 3 fully saturated rings. The number of hydrogen-bond donors (Lipinski definition) is 6. The Kier molecular flexibility index (Phi) is 16.4. The lowest BCUT2D eigenvalue weighted by Gasteiger charge is -2.67. The molecular weight excluding hydrogens is 1120 g/mol. The van der Waals surface area contributed by atoms with E-state index in [9.17, 15) is 59.1 Å². The maximum atomic E-state index is 15.5. The number of phenolic OH excluding ortho intramolecular Hbond substituents is 1. The highest BCUT2D eigenvalue weighted by Gasteiger charge is 2.78. The van der Waals surface area contributed by atoms with Crippen molar-refractivity contribution in [1.82, 2.24) is 5.32 Å². The molecule has 2 saturated carbocycles. The maximum absolute atomic E-state index is 15.5. The van der Waals surface area contributed by atoms with Gasteiger partial charge < -0.3 is 59.0 Å². The molecule has 20 nitrogen and oxygen atoms in total. The van der Waals surface area contributed by atoms with Gasteiger partial charge in [0.2, 0.25) is 0 Å². The zero-order valence-corrected chi connectivity index (χ0v) is 48.1. The minimum absolute atomic E-state index is 0.00289. The predicted molar refractivity (Wildman–Crippen MR) is 311 cm³/mol. The average molecular weight is 1190 g/mol. The Balaban J connectivity index is 0.000000277. The lowest BCUT2D eigenvalue weighted by atomic mass is 9.44. The maximum Gasteiger partial charge on any atom is 0.338 e. The number of aromatic hydroxyl groups is 1. The van der Waals surface area contributed by atoms with Crippen molar-refractivity contribution >= 4 is 52.5 Å². The number of ketones is 1. The fraction of sp³-hybridized carbons (Fsp3) is 0.313. The number of esters is 4. The van der Waals surface area contributed by atoms with E-state index in [0.717, 1.165) is 13.8 Å². The lowest BCUT2D eigenvalue weighted by Crippen LogP contribution is -2.82. The van der Waals surface area contributed by atoms with Crippen LogP contribution in [0.4, 0.5) is 0 Å². The molecule has 6 aliphatic rings. The van der Waals surface area contributed by atoms with Crippen LogP contribution in [0, 0.1) is 16.7 Å². The number of nitrogens with one attached hydrogen (secondary N) is 1. The topological polar surface area (TPSA) is 309 Å². The van der Waals surface area contributed by atoms with Gasteiger partial charge in [-0.1, -0.05) is 98.8 Å². The summed E-state index contributed by atoms with van der Waals surface area (Å²) in [6.07, 6.45) is -10.5. The molecule has 0 aromatic heterocycles. The van der Waals surface area contributed by atoms with Gasteiger partial charge in [-0.25, -0.2) is 14.4 Å². The molecule has 450 valence electrons. The monoisotopic (exact) mass is 1190 g/mol. The summed E-state index contributed by atoms with van der Waals surface area (Å²) in [5.74, 6) is -7.53. The smallest absolute Gasteiger partial charge is 0.338 e. The number of aromatic carboxylic acids is 1. The van der Waals surface area contributed by atoms with Gasteiger partial charge in [-0.15, -0.1) is 0 Å². The Morgan fingerprint density at radius 3 is 1.99 bits per heavy atom. The zero-order chi connectivity index (χ0) is 62.5. The van der Waals surface area contributed by atoms with E-state index >= 15 is 4.79 Å². The van der Waals surface area contributed by atoms with E-state index in [1.807, 2.05) is 0 Å². The number of ether oxygens (including phenoxy) is 5. The predicted octanol–water partition coefficient (Wildman–Crippen LogP) is 7.70. The van der Waals surface area contributed by atoms with Crippen molar-refractivity contribution < 1.29 is 87.2 Å². The number of hydrogen-bond acceptors (Lipinski definition) is 18. The van der Waals surface area contributed by atoms with Crippen LogP contribution in [0.25, 0.3) is 33.4 Å². The fourth-order valence-corrected chi connectivity index (χ4v) is 13.2. The van der Waals surface area contributed by atoms with Crippen molar-refractivity contribution in [2.75, 3.05) is 6.61 Å². The van der Waals surface area contributed by atoms with Crippen molar-refractivity contribution in [3.05, 3.63) is 195 Å². The lowest BCUT2D eigenvalue weighted by molar-refractivity contribution is -0.346. The molecule has 87 heavy (non-hydrogen) atoms. The van der Waals surface area contributed by atoms with Crippen molar-refractivity contribution in [2.45, 2.75) is 108 Å². The normalized spacial score (nSPS) is 25.9. The highest BCUT2D eigenvalue weighted by atomic mass is 16.6. The quantitative estimate of drug-likeness (QED) is 0.0295. The highest BCUT2D eigenvalue weighted by Crippen LogP contribution is 2.64. The van der Waals surface area contributed by atoms with Crippen LogP contribution >= 0.6 is 0 Å². The van der Waals surface area contributed by atoms with Gasteiger partial charge in [0, 0.05) is 66.3 Å². The summed E-state index contributed by atoms with van der Waals surface area (Å²) in [5.41, 5.74) is -4.92. The standard InChI is InChI=1S/C47H51NO14.C20H12O5/c1-25-31(60-43(56)36(52)35(28-16-10-7-11-17-28)48-41(54)29-18-12-8-13-19-29)23-47(57)40(61-42(55)30-20-14-9-15-21-30)38-45(6,32(51)22-33-46(38,24-58-33)62-27(3)50)39(53)37(59-26(2)49)34(25)44(47,4)5;21-11-5-7-15-17(9-11)25-18-10-12(22)6-8-16(18)19(15)13-3-1-2-4-14(13)20(23)24/h7-21,31-33,35-38,40,51-52,57H,22-24H2,1-6H3,(H,48,54);1-10,21H,(H,23,24)/t31?,32-,33+,35-,36+,37+,38-,40-,45+,46-,47+;/m0./s1. The Morgan fingerprint density at radius 1 is 0.736 bits per heavy atom. The molecule has 5 aromatic carbocycles. The zero-order valence-electron chi connectivity index (χ0n) is 48.1. The Labute approximate surface area is 498 Å². The third-order valence-corrected chi connectivity index (χ3v) is 17.6. The summed E-state index contributed by atoms with van der Waals surface area (Å²) in [6, 6.07) is 38.6. The van der Waals surface area contributed by atoms with Crippen LogP contribution in [0.2, 0.25) is 0 Å². The number of Topliss-reactive ketones (excluding diaryl/α,β-unsaturated/α-hetero) is 1. The minimum Gasteiger partial charge on any atom is -0.508 e. The van der Waals surface area contributed by atoms with Crippen molar-refractivity contribution in [3.63, 3.8) is 0 Å². The first kappa shape index (κ1) is 60.8. The summed E-state index contributed by atoms with van der Waals surface area (Å²) < 4.78 is 36.0. The van der Waals surface area contributed by atoms with Crippen LogP contribution in [0.15, 0.2) is 172 Å². The number of carboxylic acid groups (broad SMARTS) is 1. The third kappa shape index (κ3) is 10.8. The summed E-state index contributed by atoms with van der Waals surface area (Å²) >= 11 is 0. The van der Waals surface area contributed by atoms with E-state index in [-0.39, 0.29) is 52.0 Å². The van der Waals surface area contributed by atoms with Crippen LogP contribution < -0.4 is 10.7 Å². The highest BCUT2D eigenvalue weighted by molar-refractivity contribution is 6.07. The molecule has 2 bridgehead atoms. The van der Waals surface area contributed by atoms with Gasteiger partial charge >= 0.3 is 29.8 Å². The number of fused-ring (bicyclic) bond motifs is 7. The van der Waals surface area contributed by atoms with Gasteiger partial charge in [0.15, 0.2) is 29.0 Å². The summed E-state index contributed by atoms with van der Waals surface area (Å²) in [4.78, 5) is 107. The number of aliphatic hydroxyl groups is 3. The van der Waals surface area contributed by atoms with Crippen LogP contribution in [0.1, 0.15) is 97.1 Å². The molecule has 4 aliphatic carbocycles. The first-order chi connectivity index (χ1) is 41.3. The Bertz CT molecular complexity index is 3920. The second-order valence-electron chi connectivity index (χ2n) is 23.0. The number of rotatable bonds is 12. The van der Waals surface area contributed by atoms with Crippen LogP contribution in [0.3, 0.4) is 0 Å². The molecule has 11 rings (SSSR count). The van der Waals surface area contributed by atoms with Crippen LogP contribution in [-0.2, 0) is 42.9 Å². The Morgan fingerprint density at radius 2 is 1.37 bits per heavy atom. The molecule has 20 heteroatoms. The second-order valence-corrected chi connectivity index (χ2v) is 23.0. The molecule has 1 amide bonds. The van der Waals surface area contributed by atoms with Gasteiger partial charge in [-0.3, -0.25) is 24.0 Å². The fourth-order valence-electron chi connectivity index (χ4n) is 13.2. The molecule has 0 spiro atoms. The molecule has 1 unspecified atom stereocenters. The van der Waals surface area contributed by atoms with Crippen molar-refractivity contribution in [3.8, 4) is 28.2 Å². The van der Waals surface area contributed by atoms with E-state index in [1.54, 1.807) is 123 Å². The minimum atomic E-state index is -2.39. The van der Waals surface area contributed by atoms with Gasteiger partial charge in [-0.05, 0) is 90.7 Å². The van der Waals surface area contributed by atoms with Gasteiger partial charge in [0.25, 0.3) is 5.91 Å². The molecule has 11 atom stereocenters. The van der Waals surface area contributed by atoms with E-state index in [0.29, 0.717) is 39.0 Å². The first-order valence-electron chi connectivity index (χ1n) is 28.0. The van der Waals surface area contributed by atoms with E-state index in [2.05, 4.69) is 5.32 Å². The third-order valence-electron chi connectivity index (χ3n) is 17.6. The van der Waals surface area contributed by atoms with Crippen molar-refractivity contribution in [2.24, 2.45) is 16.7 Å². The summed E-state index contributed by atoms with van der Waals surface area (Å²) in [7, 11) is 0. The van der Waals surface area contributed by atoms with E-state index in [1.165, 1.54) is 56.3 Å². The Hall–Kier alpha value is -9.34. The molecule has 6 N–H and O–H groups in total. The summed E-state index contributed by atoms with van der Waals surface area (Å²) in [5, 5.41) is 60.2. The van der Waals surface area contributed by atoms with Gasteiger partial charge in [-0.2, -0.15) is 0 Å². The van der Waals surface area contributed by atoms with E-state index in [4.69, 9.17) is 28.1 Å². The second kappa shape index (κ2) is 23.5. The largest absolute Gasteiger partial charge is 0.508 e. The van der Waals surface area contributed by atoms with Crippen LogP contribution in [0.5, 0.6) is 5.75 Å². The summed E-state index contributed by atoms with van der Waals surface area (Å²) in [6.45, 7) is 7.97. The first-order valence-corrected chi connectivity index (χ1v) is 28.0. The molecule has 1 saturated heterocycles. The molecule has 5 aromatic rings. The molecule has 0 radical (unpaired) electrons. The number of aliphatic hydroxyl groups excluding tert-OH is 2. The number of carbonyl (C=O) groups excluding carboxylic acids is 6. The van der Waals surface area contributed by atoms with Crippen molar-refractivity contribution in [1.29, 1.82) is 0 Å². The number of carbonyl (C=O) groups is 7. The van der Waals surface area contributed by atoms with Crippen LogP contribution in [-0.4, -0.2) is 122 Å². The molecule has 2 aliphatic heterocycles. The molecular formula is C67H63NO19.